The van der Waals surface area contributed by atoms with Gasteiger partial charge in [-0.25, -0.2) is 0 Å². The third-order valence-electron chi connectivity index (χ3n) is 2.50. The summed E-state index contributed by atoms with van der Waals surface area (Å²) >= 11 is 0. The molecule has 1 aliphatic rings. The summed E-state index contributed by atoms with van der Waals surface area (Å²) in [6.07, 6.45) is 6.83. The second-order valence-electron chi connectivity index (χ2n) is 4.33. The highest BCUT2D eigenvalue weighted by atomic mass is 14.2. The van der Waals surface area contributed by atoms with Crippen molar-refractivity contribution in [2.45, 2.75) is 34.6 Å². The van der Waals surface area contributed by atoms with Crippen LogP contribution >= 0.6 is 0 Å². The molecule has 0 aromatic heterocycles. The van der Waals surface area contributed by atoms with Crippen molar-refractivity contribution in [1.82, 2.24) is 0 Å². The molecule has 0 unspecified atom stereocenters. The molecule has 0 heterocycles. The average Bonchev–Trinajstić information content (AvgIpc) is 1.89. The molecule has 1 aliphatic carbocycles. The zero-order valence-electron chi connectivity index (χ0n) is 8.73. The van der Waals surface area contributed by atoms with Crippen LogP contribution in [-0.2, 0) is 0 Å². The van der Waals surface area contributed by atoms with E-state index in [1.807, 2.05) is 0 Å². The lowest BCUT2D eigenvalue weighted by molar-refractivity contribution is 0.577. The maximum absolute atomic E-state index is 2.33. The van der Waals surface area contributed by atoms with E-state index in [1.54, 1.807) is 0 Å². The SMILES string of the molecule is CC1=CC(C)=CC(C)(C)C(C)=C1. The molecule has 0 aromatic rings. The van der Waals surface area contributed by atoms with Gasteiger partial charge in [0.05, 0.1) is 0 Å². The van der Waals surface area contributed by atoms with Gasteiger partial charge >= 0.3 is 0 Å². The van der Waals surface area contributed by atoms with Crippen LogP contribution in [0.1, 0.15) is 34.6 Å². The molecule has 66 valence electrons. The third kappa shape index (κ3) is 1.88. The van der Waals surface area contributed by atoms with Crippen molar-refractivity contribution in [3.63, 3.8) is 0 Å². The Balaban J connectivity index is 3.16. The average molecular weight is 162 g/mol. The number of hydrogen-bond acceptors (Lipinski definition) is 0. The van der Waals surface area contributed by atoms with Gasteiger partial charge in [-0.1, -0.05) is 48.8 Å². The van der Waals surface area contributed by atoms with Gasteiger partial charge in [0.2, 0.25) is 0 Å². The highest BCUT2D eigenvalue weighted by molar-refractivity contribution is 5.38. The van der Waals surface area contributed by atoms with E-state index in [1.165, 1.54) is 16.7 Å². The highest BCUT2D eigenvalue weighted by Crippen LogP contribution is 2.32. The Hall–Kier alpha value is -0.780. The van der Waals surface area contributed by atoms with Gasteiger partial charge in [0, 0.05) is 5.41 Å². The minimum atomic E-state index is 0.221. The van der Waals surface area contributed by atoms with E-state index in [9.17, 15) is 0 Å². The van der Waals surface area contributed by atoms with Crippen molar-refractivity contribution in [2.24, 2.45) is 5.41 Å². The summed E-state index contributed by atoms with van der Waals surface area (Å²) in [6.45, 7) is 11.0. The highest BCUT2D eigenvalue weighted by Gasteiger charge is 2.18. The Kier molecular flexibility index (Phi) is 2.27. The van der Waals surface area contributed by atoms with Crippen LogP contribution in [0, 0.1) is 5.41 Å². The van der Waals surface area contributed by atoms with Crippen LogP contribution in [-0.4, -0.2) is 0 Å². The van der Waals surface area contributed by atoms with Crippen molar-refractivity contribution in [2.75, 3.05) is 0 Å². The zero-order chi connectivity index (χ0) is 9.35. The predicted octanol–water partition coefficient (Wildman–Crippen LogP) is 3.87. The maximum Gasteiger partial charge on any atom is 0.00404 e. The fraction of sp³-hybridized carbons (Fsp3) is 0.500. The quantitative estimate of drug-likeness (QED) is 0.507. The molecule has 0 saturated carbocycles. The Morgan fingerprint density at radius 3 is 2.08 bits per heavy atom. The standard InChI is InChI=1S/C12H18/c1-9-6-10(2)8-12(4,5)11(3)7-9/h6-8H,1-5H3. The van der Waals surface area contributed by atoms with Crippen molar-refractivity contribution in [1.29, 1.82) is 0 Å². The molecule has 0 amide bonds. The molecule has 0 N–H and O–H groups in total. The minimum Gasteiger partial charge on any atom is -0.0719 e. The van der Waals surface area contributed by atoms with E-state index in [0.717, 1.165) is 0 Å². The van der Waals surface area contributed by atoms with Gasteiger partial charge in [-0.2, -0.15) is 0 Å². The monoisotopic (exact) mass is 162 g/mol. The van der Waals surface area contributed by atoms with Gasteiger partial charge in [0.1, 0.15) is 0 Å². The molecule has 0 aliphatic heterocycles. The van der Waals surface area contributed by atoms with Crippen molar-refractivity contribution in [3.05, 3.63) is 34.9 Å². The number of hydrogen-bond donors (Lipinski definition) is 0. The zero-order valence-corrected chi connectivity index (χ0v) is 8.73. The topological polar surface area (TPSA) is 0 Å². The minimum absolute atomic E-state index is 0.221. The molecule has 0 fully saturated rings. The molecule has 0 aromatic carbocycles. The lowest BCUT2D eigenvalue weighted by Crippen LogP contribution is -2.08. The molecular formula is C12H18. The third-order valence-corrected chi connectivity index (χ3v) is 2.50. The van der Waals surface area contributed by atoms with Crippen molar-refractivity contribution >= 4 is 0 Å². The number of rotatable bonds is 0. The Labute approximate surface area is 75.7 Å². The van der Waals surface area contributed by atoms with E-state index in [2.05, 4.69) is 52.8 Å². The summed E-state index contributed by atoms with van der Waals surface area (Å²) in [4.78, 5) is 0. The van der Waals surface area contributed by atoms with Crippen LogP contribution in [0.5, 0.6) is 0 Å². The maximum atomic E-state index is 2.33. The summed E-state index contributed by atoms with van der Waals surface area (Å²) in [5, 5.41) is 0. The van der Waals surface area contributed by atoms with E-state index in [0.29, 0.717) is 0 Å². The first-order chi connectivity index (χ1) is 5.42. The Bertz CT molecular complexity index is 272. The molecule has 0 bridgehead atoms. The summed E-state index contributed by atoms with van der Waals surface area (Å²) in [6, 6.07) is 0. The molecule has 0 atom stereocenters. The second kappa shape index (κ2) is 2.93. The van der Waals surface area contributed by atoms with Crippen LogP contribution < -0.4 is 0 Å². The first kappa shape index (κ1) is 9.31. The second-order valence-corrected chi connectivity index (χ2v) is 4.33. The van der Waals surface area contributed by atoms with E-state index in [-0.39, 0.29) is 5.41 Å². The van der Waals surface area contributed by atoms with Crippen LogP contribution in [0.15, 0.2) is 34.9 Å². The predicted molar refractivity (Wildman–Crippen MR) is 55.1 cm³/mol. The van der Waals surface area contributed by atoms with Gasteiger partial charge in [-0.3, -0.25) is 0 Å². The van der Waals surface area contributed by atoms with Crippen molar-refractivity contribution in [3.8, 4) is 0 Å². The van der Waals surface area contributed by atoms with Crippen LogP contribution in [0.25, 0.3) is 0 Å². The fourth-order valence-corrected chi connectivity index (χ4v) is 1.65. The summed E-state index contributed by atoms with van der Waals surface area (Å²) < 4.78 is 0. The fourth-order valence-electron chi connectivity index (χ4n) is 1.65. The summed E-state index contributed by atoms with van der Waals surface area (Å²) in [5.41, 5.74) is 4.38. The molecule has 0 radical (unpaired) electrons. The summed E-state index contributed by atoms with van der Waals surface area (Å²) in [7, 11) is 0. The normalized spacial score (nSPS) is 22.2. The molecule has 12 heavy (non-hydrogen) atoms. The first-order valence-electron chi connectivity index (χ1n) is 4.48. The Morgan fingerprint density at radius 1 is 0.917 bits per heavy atom. The molecule has 1 rings (SSSR count). The van der Waals surface area contributed by atoms with Crippen LogP contribution in [0.3, 0.4) is 0 Å². The lowest BCUT2D eigenvalue weighted by atomic mass is 9.84. The molecule has 0 nitrogen and oxygen atoms in total. The van der Waals surface area contributed by atoms with Crippen molar-refractivity contribution < 1.29 is 0 Å². The van der Waals surface area contributed by atoms with Crippen LogP contribution in [0.4, 0.5) is 0 Å². The Morgan fingerprint density at radius 2 is 1.50 bits per heavy atom. The molecule has 0 heteroatoms. The first-order valence-corrected chi connectivity index (χ1v) is 4.48. The molecular weight excluding hydrogens is 144 g/mol. The van der Waals surface area contributed by atoms with Gasteiger partial charge in [0.25, 0.3) is 0 Å². The van der Waals surface area contributed by atoms with Gasteiger partial charge in [-0.05, 0) is 20.8 Å². The van der Waals surface area contributed by atoms with Crippen LogP contribution in [0.2, 0.25) is 0 Å². The largest absolute Gasteiger partial charge is 0.0719 e. The van der Waals surface area contributed by atoms with Gasteiger partial charge in [0.15, 0.2) is 0 Å². The smallest absolute Gasteiger partial charge is 0.00404 e. The van der Waals surface area contributed by atoms with Gasteiger partial charge in [-0.15, -0.1) is 0 Å². The van der Waals surface area contributed by atoms with E-state index in [4.69, 9.17) is 0 Å². The van der Waals surface area contributed by atoms with E-state index < -0.39 is 0 Å². The van der Waals surface area contributed by atoms with Gasteiger partial charge < -0.3 is 0 Å². The van der Waals surface area contributed by atoms with E-state index >= 15 is 0 Å². The lowest BCUT2D eigenvalue weighted by Gasteiger charge is -2.21. The molecule has 0 saturated heterocycles. The molecule has 0 spiro atoms. The number of allylic oxidation sites excluding steroid dienone is 6. The summed E-state index contributed by atoms with van der Waals surface area (Å²) in [5.74, 6) is 0.